The summed E-state index contributed by atoms with van der Waals surface area (Å²) >= 11 is 2.26. The lowest BCUT2D eigenvalue weighted by Gasteiger charge is -2.12. The van der Waals surface area contributed by atoms with E-state index in [1.807, 2.05) is 30.3 Å². The predicted molar refractivity (Wildman–Crippen MR) is 68.4 cm³/mol. The van der Waals surface area contributed by atoms with Crippen LogP contribution in [0.25, 0.3) is 0 Å². The van der Waals surface area contributed by atoms with Crippen LogP contribution in [0.2, 0.25) is 0 Å². The molecule has 0 aliphatic rings. The summed E-state index contributed by atoms with van der Waals surface area (Å²) in [7, 11) is 0. The van der Waals surface area contributed by atoms with Crippen LogP contribution in [0.5, 0.6) is 0 Å². The molecule has 0 fully saturated rings. The number of benzene rings is 1. The summed E-state index contributed by atoms with van der Waals surface area (Å²) in [4.78, 5) is -3.04. The fourth-order valence-corrected chi connectivity index (χ4v) is 1.56. The highest BCUT2D eigenvalue weighted by atomic mass is 79.9. The van der Waals surface area contributed by atoms with E-state index in [0.717, 1.165) is 5.56 Å². The number of aliphatic hydroxyl groups is 1. The number of alkyl halides is 3. The van der Waals surface area contributed by atoms with E-state index < -0.39 is 10.9 Å². The quantitative estimate of drug-likeness (QED) is 0.646. The van der Waals surface area contributed by atoms with Gasteiger partial charge in [0.15, 0.2) is 0 Å². The van der Waals surface area contributed by atoms with Gasteiger partial charge in [-0.3, -0.25) is 0 Å². The van der Waals surface area contributed by atoms with Gasteiger partial charge in [0.05, 0.1) is 6.10 Å². The Hall–Kier alpha value is -0.740. The third kappa shape index (κ3) is 5.41. The van der Waals surface area contributed by atoms with Gasteiger partial charge in [-0.1, -0.05) is 36.4 Å². The highest BCUT2D eigenvalue weighted by Crippen LogP contribution is 2.30. The summed E-state index contributed by atoms with van der Waals surface area (Å²) < 4.78 is 25.6. The van der Waals surface area contributed by atoms with Gasteiger partial charge in [-0.25, -0.2) is 0 Å². The van der Waals surface area contributed by atoms with Crippen LogP contribution in [0.3, 0.4) is 0 Å². The third-order valence-corrected chi connectivity index (χ3v) is 3.09. The molecule has 1 atom stereocenters. The molecule has 1 aromatic rings. The molecule has 0 saturated heterocycles. The predicted octanol–water partition coefficient (Wildman–Crippen LogP) is 3.91. The van der Waals surface area contributed by atoms with Gasteiger partial charge in [-0.05, 0) is 41.3 Å². The summed E-state index contributed by atoms with van der Waals surface area (Å²) in [5, 5.41) is 9.61. The lowest BCUT2D eigenvalue weighted by molar-refractivity contribution is 0.150. The smallest absolute Gasteiger partial charge is 0.322 e. The first-order valence-corrected chi connectivity index (χ1v) is 6.16. The van der Waals surface area contributed by atoms with Crippen molar-refractivity contribution >= 4 is 15.9 Å². The fourth-order valence-electron chi connectivity index (χ4n) is 1.43. The van der Waals surface area contributed by atoms with E-state index in [2.05, 4.69) is 15.9 Å². The largest absolute Gasteiger partial charge is 0.389 e. The van der Waals surface area contributed by atoms with Gasteiger partial charge in [-0.2, -0.15) is 8.78 Å². The molecule has 1 aromatic carbocycles. The molecule has 94 valence electrons. The summed E-state index contributed by atoms with van der Waals surface area (Å²) in [5.74, 6) is 0. The molecule has 0 amide bonds. The number of aryl methyl sites for hydroxylation is 1. The fraction of sp³-hybridized carbons (Fsp3) is 0.385. The van der Waals surface area contributed by atoms with Crippen molar-refractivity contribution in [1.29, 1.82) is 0 Å². The molecule has 0 radical (unpaired) electrons. The summed E-state index contributed by atoms with van der Waals surface area (Å²) in [6.07, 6.45) is 1.44. The van der Waals surface area contributed by atoms with Gasteiger partial charge < -0.3 is 5.11 Å². The molecule has 0 aliphatic heterocycles. The standard InChI is InChI=1S/C13H15BrF2O/c1-10(13(14,15)16)9-12(17)8-7-11-5-3-2-4-6-11/h2-6,9,12,17H,7-8H2,1H3/b10-9-. The molecular weight excluding hydrogens is 290 g/mol. The van der Waals surface area contributed by atoms with E-state index in [1.54, 1.807) is 0 Å². The molecule has 1 rings (SSSR count). The van der Waals surface area contributed by atoms with E-state index in [0.29, 0.717) is 12.8 Å². The number of aliphatic hydroxyl groups excluding tert-OH is 1. The Morgan fingerprint density at radius 2 is 2.00 bits per heavy atom. The van der Waals surface area contributed by atoms with Crippen LogP contribution < -0.4 is 0 Å². The minimum absolute atomic E-state index is 0.168. The van der Waals surface area contributed by atoms with Crippen LogP contribution in [0.1, 0.15) is 18.9 Å². The van der Waals surface area contributed by atoms with E-state index in [4.69, 9.17) is 0 Å². The number of allylic oxidation sites excluding steroid dienone is 1. The summed E-state index contributed by atoms with van der Waals surface area (Å²) in [5.41, 5.74) is 0.918. The number of halogens is 3. The maximum Gasteiger partial charge on any atom is 0.322 e. The van der Waals surface area contributed by atoms with Crippen molar-refractivity contribution in [2.75, 3.05) is 0 Å². The van der Waals surface area contributed by atoms with Crippen molar-refractivity contribution in [3.8, 4) is 0 Å². The van der Waals surface area contributed by atoms with Gasteiger partial charge in [-0.15, -0.1) is 0 Å². The van der Waals surface area contributed by atoms with Crippen LogP contribution in [0.4, 0.5) is 8.78 Å². The van der Waals surface area contributed by atoms with Crippen molar-refractivity contribution in [2.45, 2.75) is 30.7 Å². The van der Waals surface area contributed by atoms with Crippen LogP contribution in [-0.4, -0.2) is 16.0 Å². The molecule has 1 unspecified atom stereocenters. The van der Waals surface area contributed by atoms with Crippen LogP contribution in [-0.2, 0) is 6.42 Å². The Balaban J connectivity index is 2.48. The topological polar surface area (TPSA) is 20.2 Å². The molecular formula is C13H15BrF2O. The zero-order chi connectivity index (χ0) is 12.9. The van der Waals surface area contributed by atoms with Gasteiger partial charge in [0.2, 0.25) is 0 Å². The zero-order valence-corrected chi connectivity index (χ0v) is 11.1. The SMILES string of the molecule is C/C(=C/C(O)CCc1ccccc1)C(F)(F)Br. The molecule has 0 aliphatic carbocycles. The molecule has 0 saturated carbocycles. The van der Waals surface area contributed by atoms with E-state index in [9.17, 15) is 13.9 Å². The van der Waals surface area contributed by atoms with Gasteiger partial charge >= 0.3 is 4.83 Å². The maximum atomic E-state index is 12.8. The van der Waals surface area contributed by atoms with Crippen LogP contribution >= 0.6 is 15.9 Å². The Morgan fingerprint density at radius 3 is 2.53 bits per heavy atom. The van der Waals surface area contributed by atoms with E-state index in [1.165, 1.54) is 13.0 Å². The minimum atomic E-state index is -3.04. The first kappa shape index (κ1) is 14.3. The van der Waals surface area contributed by atoms with E-state index in [-0.39, 0.29) is 5.57 Å². The molecule has 4 heteroatoms. The Bertz CT molecular complexity index is 371. The molecule has 17 heavy (non-hydrogen) atoms. The highest BCUT2D eigenvalue weighted by molar-refractivity contribution is 9.10. The lowest BCUT2D eigenvalue weighted by atomic mass is 10.1. The normalized spacial score (nSPS) is 14.8. The van der Waals surface area contributed by atoms with Crippen LogP contribution in [0, 0.1) is 0 Å². The molecule has 1 nitrogen and oxygen atoms in total. The average molecular weight is 305 g/mol. The molecule has 0 bridgehead atoms. The lowest BCUT2D eigenvalue weighted by Crippen LogP contribution is -2.12. The number of hydrogen-bond acceptors (Lipinski definition) is 1. The second-order valence-corrected chi connectivity index (χ2v) is 4.94. The van der Waals surface area contributed by atoms with E-state index >= 15 is 0 Å². The summed E-state index contributed by atoms with van der Waals surface area (Å²) in [6.45, 7) is 1.29. The van der Waals surface area contributed by atoms with Gasteiger partial charge in [0.25, 0.3) is 0 Å². The monoisotopic (exact) mass is 304 g/mol. The van der Waals surface area contributed by atoms with Crippen LogP contribution in [0.15, 0.2) is 42.0 Å². The average Bonchev–Trinajstić information content (AvgIpc) is 2.26. The number of hydrogen-bond donors (Lipinski definition) is 1. The van der Waals surface area contributed by atoms with Crippen molar-refractivity contribution < 1.29 is 13.9 Å². The Kier molecular flexibility index (Phi) is 5.28. The molecule has 0 aromatic heterocycles. The zero-order valence-electron chi connectivity index (χ0n) is 9.54. The maximum absolute atomic E-state index is 12.8. The first-order chi connectivity index (χ1) is 7.89. The number of rotatable bonds is 5. The Labute approximate surface area is 108 Å². The highest BCUT2D eigenvalue weighted by Gasteiger charge is 2.26. The molecule has 0 heterocycles. The van der Waals surface area contributed by atoms with Crippen molar-refractivity contribution in [3.05, 3.63) is 47.5 Å². The third-order valence-electron chi connectivity index (χ3n) is 2.46. The second kappa shape index (κ2) is 6.26. The van der Waals surface area contributed by atoms with Gasteiger partial charge in [0.1, 0.15) is 0 Å². The second-order valence-electron chi connectivity index (χ2n) is 3.94. The van der Waals surface area contributed by atoms with Crippen molar-refractivity contribution in [2.24, 2.45) is 0 Å². The summed E-state index contributed by atoms with van der Waals surface area (Å²) in [6, 6.07) is 9.63. The first-order valence-electron chi connectivity index (χ1n) is 5.37. The van der Waals surface area contributed by atoms with Crippen molar-refractivity contribution in [1.82, 2.24) is 0 Å². The minimum Gasteiger partial charge on any atom is -0.389 e. The van der Waals surface area contributed by atoms with Gasteiger partial charge in [0, 0.05) is 5.57 Å². The molecule has 1 N–H and O–H groups in total. The Morgan fingerprint density at radius 1 is 1.41 bits per heavy atom. The molecule has 0 spiro atoms. The van der Waals surface area contributed by atoms with Crippen molar-refractivity contribution in [3.63, 3.8) is 0 Å².